The van der Waals surface area contributed by atoms with E-state index in [1.54, 1.807) is 0 Å². The van der Waals surface area contributed by atoms with Crippen molar-refractivity contribution in [1.82, 2.24) is 19.1 Å². The van der Waals surface area contributed by atoms with Crippen molar-refractivity contribution in [3.8, 4) is 33.9 Å². The zero-order valence-corrected chi connectivity index (χ0v) is 30.3. The van der Waals surface area contributed by atoms with E-state index in [9.17, 15) is 0 Å². The Hall–Kier alpha value is -7.08. The van der Waals surface area contributed by atoms with Gasteiger partial charge in [-0.3, -0.25) is 0 Å². The van der Waals surface area contributed by atoms with Gasteiger partial charge in [-0.15, -0.1) is 11.3 Å². The van der Waals surface area contributed by atoms with Crippen LogP contribution in [0.5, 0.6) is 0 Å². The zero-order chi connectivity index (χ0) is 36.0. The second-order valence-corrected chi connectivity index (χ2v) is 15.2. The molecule has 8 aromatic carbocycles. The highest BCUT2D eigenvalue weighted by molar-refractivity contribution is 7.26. The quantitative estimate of drug-likeness (QED) is 0.182. The molecule has 55 heavy (non-hydrogen) atoms. The monoisotopic (exact) mass is 718 g/mol. The van der Waals surface area contributed by atoms with E-state index in [0.717, 1.165) is 44.8 Å². The molecule has 12 aromatic rings. The molecule has 256 valence electrons. The largest absolute Gasteiger partial charge is 0.309 e. The normalized spacial score (nSPS) is 12.0. The number of aromatic nitrogens is 4. The lowest BCUT2D eigenvalue weighted by atomic mass is 10.0. The topological polar surface area (TPSA) is 35.6 Å². The molecule has 5 heteroatoms. The Morgan fingerprint density at radius 3 is 1.65 bits per heavy atom. The van der Waals surface area contributed by atoms with Crippen molar-refractivity contribution in [2.24, 2.45) is 0 Å². The van der Waals surface area contributed by atoms with E-state index < -0.39 is 0 Å². The van der Waals surface area contributed by atoms with E-state index in [0.29, 0.717) is 0 Å². The van der Waals surface area contributed by atoms with Gasteiger partial charge in [0.15, 0.2) is 0 Å². The average molecular weight is 719 g/mol. The lowest BCUT2D eigenvalue weighted by Gasteiger charge is -2.13. The number of rotatable bonds is 4. The molecule has 4 aromatic heterocycles. The Morgan fingerprint density at radius 1 is 0.364 bits per heavy atom. The Balaban J connectivity index is 1.13. The van der Waals surface area contributed by atoms with E-state index >= 15 is 0 Å². The van der Waals surface area contributed by atoms with Crippen LogP contribution in [0.3, 0.4) is 0 Å². The molecule has 0 fully saturated rings. The number of nitrogens with zero attached hydrogens (tertiary/aromatic N) is 4. The smallest absolute Gasteiger partial charge is 0.0973 e. The summed E-state index contributed by atoms with van der Waals surface area (Å²) >= 11 is 1.88. The average Bonchev–Trinajstić information content (AvgIpc) is 3.90. The Kier molecular flexibility index (Phi) is 6.47. The summed E-state index contributed by atoms with van der Waals surface area (Å²) in [5, 5.41) is 7.51. The third kappa shape index (κ3) is 4.51. The predicted octanol–water partition coefficient (Wildman–Crippen LogP) is 13.5. The summed E-state index contributed by atoms with van der Waals surface area (Å²) in [6, 6.07) is 65.2. The Labute approximate surface area is 319 Å². The maximum absolute atomic E-state index is 5.24. The summed E-state index contributed by atoms with van der Waals surface area (Å²) < 4.78 is 7.52. The van der Waals surface area contributed by atoms with Crippen LogP contribution < -0.4 is 0 Å². The molecule has 0 saturated carbocycles. The minimum atomic E-state index is 0.869. The lowest BCUT2D eigenvalue weighted by molar-refractivity contribution is 1.18. The molecule has 0 spiro atoms. The third-order valence-corrected chi connectivity index (χ3v) is 12.3. The minimum Gasteiger partial charge on any atom is -0.309 e. The molecule has 0 bridgehead atoms. The van der Waals surface area contributed by atoms with Gasteiger partial charge < -0.3 is 9.13 Å². The molecule has 0 saturated heterocycles. The van der Waals surface area contributed by atoms with Crippen LogP contribution in [-0.2, 0) is 0 Å². The molecule has 0 amide bonds. The zero-order valence-electron chi connectivity index (χ0n) is 29.5. The second-order valence-electron chi connectivity index (χ2n) is 14.2. The van der Waals surface area contributed by atoms with Gasteiger partial charge in [-0.1, -0.05) is 121 Å². The fourth-order valence-corrected chi connectivity index (χ4v) is 9.87. The van der Waals surface area contributed by atoms with Gasteiger partial charge in [0.2, 0.25) is 0 Å². The van der Waals surface area contributed by atoms with Gasteiger partial charge in [-0.25, -0.2) is 9.97 Å². The van der Waals surface area contributed by atoms with Crippen molar-refractivity contribution in [2.45, 2.75) is 0 Å². The highest BCUT2D eigenvalue weighted by atomic mass is 32.1. The van der Waals surface area contributed by atoms with Crippen molar-refractivity contribution in [1.29, 1.82) is 0 Å². The first-order chi connectivity index (χ1) is 27.3. The summed E-state index contributed by atoms with van der Waals surface area (Å²) in [7, 11) is 0. The van der Waals surface area contributed by atoms with Crippen LogP contribution in [0, 0.1) is 0 Å². The molecule has 0 N–H and O–H groups in total. The first kappa shape index (κ1) is 30.4. The molecule has 0 atom stereocenters. The number of hydrogen-bond acceptors (Lipinski definition) is 3. The summed E-state index contributed by atoms with van der Waals surface area (Å²) in [4.78, 5) is 10.4. The van der Waals surface area contributed by atoms with Crippen LogP contribution in [0.15, 0.2) is 182 Å². The maximum Gasteiger partial charge on any atom is 0.0973 e. The van der Waals surface area contributed by atoms with Crippen molar-refractivity contribution in [2.75, 3.05) is 0 Å². The standard InChI is InChI=1S/C50H30N4S/c1-2-14-31(15-3-1)48-49(52-41-23-8-7-22-40(41)51-48)32-16-12-17-33(28-32)53-42-24-9-4-18-34(42)38-30-46-39(29-45(38)53)35-19-5-10-25-43(35)54(46)44-26-13-21-37-36-20-6-11-27-47(36)55-50(37)44/h1-30H. The summed E-state index contributed by atoms with van der Waals surface area (Å²) in [6.07, 6.45) is 0. The van der Waals surface area contributed by atoms with Crippen molar-refractivity contribution in [3.63, 3.8) is 0 Å². The number of para-hydroxylation sites is 4. The number of thiophene rings is 1. The van der Waals surface area contributed by atoms with E-state index in [2.05, 4.69) is 161 Å². The van der Waals surface area contributed by atoms with Crippen molar-refractivity contribution < 1.29 is 0 Å². The van der Waals surface area contributed by atoms with Gasteiger partial charge in [0.1, 0.15) is 0 Å². The van der Waals surface area contributed by atoms with Crippen molar-refractivity contribution in [3.05, 3.63) is 182 Å². The lowest BCUT2D eigenvalue weighted by Crippen LogP contribution is -1.98. The molecule has 4 nitrogen and oxygen atoms in total. The number of benzene rings is 8. The Morgan fingerprint density at radius 2 is 0.909 bits per heavy atom. The van der Waals surface area contributed by atoms with Gasteiger partial charge in [0.05, 0.1) is 54.9 Å². The first-order valence-electron chi connectivity index (χ1n) is 18.6. The molecule has 0 aliphatic carbocycles. The van der Waals surface area contributed by atoms with Gasteiger partial charge in [0, 0.05) is 53.8 Å². The fraction of sp³-hybridized carbons (Fsp3) is 0. The molecule has 12 rings (SSSR count). The van der Waals surface area contributed by atoms with Crippen LogP contribution in [0.4, 0.5) is 0 Å². The van der Waals surface area contributed by atoms with Gasteiger partial charge in [0.25, 0.3) is 0 Å². The molecule has 0 unspecified atom stereocenters. The third-order valence-electron chi connectivity index (χ3n) is 11.1. The molecular weight excluding hydrogens is 689 g/mol. The highest BCUT2D eigenvalue weighted by Gasteiger charge is 2.21. The number of hydrogen-bond donors (Lipinski definition) is 0. The predicted molar refractivity (Wildman–Crippen MR) is 232 cm³/mol. The van der Waals surface area contributed by atoms with Gasteiger partial charge in [-0.05, 0) is 60.7 Å². The van der Waals surface area contributed by atoms with Crippen molar-refractivity contribution >= 4 is 86.2 Å². The van der Waals surface area contributed by atoms with Crippen LogP contribution >= 0.6 is 11.3 Å². The molecule has 0 aliphatic heterocycles. The molecule has 4 heterocycles. The second kappa shape index (κ2) is 11.7. The van der Waals surface area contributed by atoms with Crippen LogP contribution in [0.1, 0.15) is 0 Å². The van der Waals surface area contributed by atoms with E-state index in [-0.39, 0.29) is 0 Å². The fourth-order valence-electron chi connectivity index (χ4n) is 8.67. The molecule has 0 aliphatic rings. The minimum absolute atomic E-state index is 0.869. The summed E-state index contributed by atoms with van der Waals surface area (Å²) in [6.45, 7) is 0. The molecular formula is C50H30N4S. The summed E-state index contributed by atoms with van der Waals surface area (Å²) in [5.74, 6) is 0. The first-order valence-corrected chi connectivity index (χ1v) is 19.4. The summed E-state index contributed by atoms with van der Waals surface area (Å²) in [5.41, 5.74) is 12.6. The molecule has 0 radical (unpaired) electrons. The maximum atomic E-state index is 5.24. The highest BCUT2D eigenvalue weighted by Crippen LogP contribution is 2.43. The van der Waals surface area contributed by atoms with Gasteiger partial charge >= 0.3 is 0 Å². The van der Waals surface area contributed by atoms with E-state index in [1.165, 1.54) is 64.0 Å². The number of fused-ring (bicyclic) bond motifs is 10. The van der Waals surface area contributed by atoms with Gasteiger partial charge in [-0.2, -0.15) is 0 Å². The Bertz CT molecular complexity index is 3500. The van der Waals surface area contributed by atoms with E-state index in [1.807, 2.05) is 41.7 Å². The van der Waals surface area contributed by atoms with Crippen LogP contribution in [-0.4, -0.2) is 19.1 Å². The van der Waals surface area contributed by atoms with Crippen LogP contribution in [0.25, 0.3) is 109 Å². The van der Waals surface area contributed by atoms with Crippen LogP contribution in [0.2, 0.25) is 0 Å². The van der Waals surface area contributed by atoms with E-state index in [4.69, 9.17) is 9.97 Å². The SMILES string of the molecule is c1ccc(-c2nc3ccccc3nc2-c2cccc(-n3c4ccccc4c4cc5c(cc43)c3ccccc3n5-c3cccc4c3sc3ccccc34)c2)cc1.